The first-order valence-corrected chi connectivity index (χ1v) is 8.39. The average molecular weight is 281 g/mol. The van der Waals surface area contributed by atoms with Crippen LogP contribution in [0, 0.1) is 6.92 Å². The summed E-state index contributed by atoms with van der Waals surface area (Å²) in [6, 6.07) is 0.845. The Hall–Kier alpha value is -0.450. The van der Waals surface area contributed by atoms with Gasteiger partial charge in [-0.25, -0.2) is 4.98 Å². The predicted molar refractivity (Wildman–Crippen MR) is 82.7 cm³/mol. The van der Waals surface area contributed by atoms with Crippen LogP contribution >= 0.6 is 11.3 Å². The van der Waals surface area contributed by atoms with Gasteiger partial charge in [-0.1, -0.05) is 19.3 Å². The Balaban J connectivity index is 1.53. The van der Waals surface area contributed by atoms with Crippen molar-refractivity contribution in [1.29, 1.82) is 0 Å². The predicted octanol–water partition coefficient (Wildman–Crippen LogP) is 3.20. The largest absolute Gasteiger partial charge is 0.312 e. The van der Waals surface area contributed by atoms with Gasteiger partial charge in [0.1, 0.15) is 0 Å². The number of hydrogen-bond acceptors (Lipinski definition) is 4. The number of aromatic nitrogens is 1. The monoisotopic (exact) mass is 281 g/mol. The van der Waals surface area contributed by atoms with Gasteiger partial charge in [-0.2, -0.15) is 0 Å². The maximum absolute atomic E-state index is 4.28. The first kappa shape index (κ1) is 14.9. The topological polar surface area (TPSA) is 28.2 Å². The van der Waals surface area contributed by atoms with E-state index < -0.39 is 0 Å². The van der Waals surface area contributed by atoms with E-state index in [0.29, 0.717) is 0 Å². The fourth-order valence-electron chi connectivity index (χ4n) is 2.86. The summed E-state index contributed by atoms with van der Waals surface area (Å²) in [5.41, 5.74) is 0. The second-order valence-electron chi connectivity index (χ2n) is 5.65. The van der Waals surface area contributed by atoms with Crippen molar-refractivity contribution in [2.45, 2.75) is 58.0 Å². The number of aryl methyl sites for hydroxylation is 1. The zero-order valence-electron chi connectivity index (χ0n) is 12.3. The normalized spacial score (nSPS) is 17.2. The summed E-state index contributed by atoms with van der Waals surface area (Å²) >= 11 is 1.79. The van der Waals surface area contributed by atoms with Gasteiger partial charge in [0.2, 0.25) is 0 Å². The number of nitrogens with one attached hydrogen (secondary N) is 1. The molecule has 0 aliphatic heterocycles. The van der Waals surface area contributed by atoms with E-state index in [2.05, 4.69) is 29.2 Å². The lowest BCUT2D eigenvalue weighted by Crippen LogP contribution is -2.35. The first-order chi connectivity index (χ1) is 9.25. The number of hydrogen-bond donors (Lipinski definition) is 1. The summed E-state index contributed by atoms with van der Waals surface area (Å²) in [6.07, 6.45) is 10.3. The van der Waals surface area contributed by atoms with Gasteiger partial charge in [-0.3, -0.25) is 0 Å². The van der Waals surface area contributed by atoms with Gasteiger partial charge in [-0.05, 0) is 46.3 Å². The molecule has 1 N–H and O–H groups in total. The highest BCUT2D eigenvalue weighted by atomic mass is 32.1. The Labute approximate surface area is 121 Å². The Morgan fingerprint density at radius 2 is 2.16 bits per heavy atom. The van der Waals surface area contributed by atoms with E-state index in [9.17, 15) is 0 Å². The molecule has 1 aliphatic rings. The SMILES string of the molecule is Cc1ncc(CNCCCN(C)C2CCCCC2)s1. The van der Waals surface area contributed by atoms with Gasteiger partial charge in [0.05, 0.1) is 5.01 Å². The van der Waals surface area contributed by atoms with Crippen LogP contribution in [0.2, 0.25) is 0 Å². The zero-order valence-corrected chi connectivity index (χ0v) is 13.1. The van der Waals surface area contributed by atoms with Crippen molar-refractivity contribution in [2.75, 3.05) is 20.1 Å². The van der Waals surface area contributed by atoms with Crippen LogP contribution in [0.25, 0.3) is 0 Å². The first-order valence-electron chi connectivity index (χ1n) is 7.58. The standard InChI is InChI=1S/C15H27N3S/c1-13-17-12-15(19-13)11-16-9-6-10-18(2)14-7-4-3-5-8-14/h12,14,16H,3-11H2,1-2H3. The second-order valence-corrected chi connectivity index (χ2v) is 6.97. The molecule has 1 aromatic rings. The van der Waals surface area contributed by atoms with E-state index >= 15 is 0 Å². The molecule has 1 fully saturated rings. The summed E-state index contributed by atoms with van der Waals surface area (Å²) < 4.78 is 0. The van der Waals surface area contributed by atoms with E-state index in [1.54, 1.807) is 11.3 Å². The number of thiazole rings is 1. The zero-order chi connectivity index (χ0) is 13.5. The fourth-order valence-corrected chi connectivity index (χ4v) is 3.62. The van der Waals surface area contributed by atoms with Crippen LogP contribution in [0.4, 0.5) is 0 Å². The van der Waals surface area contributed by atoms with Gasteiger partial charge in [0, 0.05) is 23.7 Å². The molecule has 0 saturated heterocycles. The minimum Gasteiger partial charge on any atom is -0.312 e. The van der Waals surface area contributed by atoms with Crippen molar-refractivity contribution in [1.82, 2.24) is 15.2 Å². The van der Waals surface area contributed by atoms with Crippen molar-refractivity contribution in [3.05, 3.63) is 16.1 Å². The van der Waals surface area contributed by atoms with Crippen molar-refractivity contribution < 1.29 is 0 Å². The highest BCUT2D eigenvalue weighted by Crippen LogP contribution is 2.21. The Bertz CT molecular complexity index is 358. The summed E-state index contributed by atoms with van der Waals surface area (Å²) in [7, 11) is 2.29. The van der Waals surface area contributed by atoms with Crippen molar-refractivity contribution >= 4 is 11.3 Å². The molecule has 19 heavy (non-hydrogen) atoms. The lowest BCUT2D eigenvalue weighted by atomic mass is 9.94. The van der Waals surface area contributed by atoms with Crippen LogP contribution in [0.15, 0.2) is 6.20 Å². The molecule has 0 spiro atoms. The van der Waals surface area contributed by atoms with E-state index in [0.717, 1.165) is 24.1 Å². The third-order valence-electron chi connectivity index (χ3n) is 4.03. The molecule has 108 valence electrons. The third kappa shape index (κ3) is 5.21. The van der Waals surface area contributed by atoms with E-state index in [1.165, 1.54) is 49.9 Å². The molecular formula is C15H27N3S. The van der Waals surface area contributed by atoms with Gasteiger partial charge >= 0.3 is 0 Å². The summed E-state index contributed by atoms with van der Waals surface area (Å²) in [5.74, 6) is 0. The molecule has 0 radical (unpaired) electrons. The molecule has 4 heteroatoms. The van der Waals surface area contributed by atoms with Crippen molar-refractivity contribution in [3.8, 4) is 0 Å². The van der Waals surface area contributed by atoms with E-state index in [4.69, 9.17) is 0 Å². The van der Waals surface area contributed by atoms with Gasteiger partial charge in [0.15, 0.2) is 0 Å². The lowest BCUT2D eigenvalue weighted by molar-refractivity contribution is 0.189. The summed E-state index contributed by atoms with van der Waals surface area (Å²) in [6.45, 7) is 5.36. The van der Waals surface area contributed by atoms with Crippen LogP contribution in [0.1, 0.15) is 48.4 Å². The summed E-state index contributed by atoms with van der Waals surface area (Å²) in [4.78, 5) is 8.19. The second kappa shape index (κ2) is 7.98. The van der Waals surface area contributed by atoms with Gasteiger partial charge < -0.3 is 10.2 Å². The quantitative estimate of drug-likeness (QED) is 0.778. The van der Waals surface area contributed by atoms with E-state index in [1.807, 2.05) is 6.20 Å². The minimum absolute atomic E-state index is 0.845. The summed E-state index contributed by atoms with van der Waals surface area (Å²) in [5, 5.41) is 4.68. The number of rotatable bonds is 7. The van der Waals surface area contributed by atoms with Gasteiger partial charge in [0.25, 0.3) is 0 Å². The maximum Gasteiger partial charge on any atom is 0.0897 e. The van der Waals surface area contributed by atoms with Crippen LogP contribution in [0.5, 0.6) is 0 Å². The Morgan fingerprint density at radius 3 is 2.84 bits per heavy atom. The van der Waals surface area contributed by atoms with Crippen molar-refractivity contribution in [3.63, 3.8) is 0 Å². The molecule has 0 bridgehead atoms. The minimum atomic E-state index is 0.845. The molecule has 0 amide bonds. The maximum atomic E-state index is 4.28. The van der Waals surface area contributed by atoms with Crippen LogP contribution < -0.4 is 5.32 Å². The molecule has 1 aliphatic carbocycles. The molecule has 2 rings (SSSR count). The molecule has 0 aromatic carbocycles. The molecule has 1 aromatic heterocycles. The lowest BCUT2D eigenvalue weighted by Gasteiger charge is -2.31. The Morgan fingerprint density at radius 1 is 1.37 bits per heavy atom. The Kier molecular flexibility index (Phi) is 6.28. The smallest absolute Gasteiger partial charge is 0.0897 e. The fraction of sp³-hybridized carbons (Fsp3) is 0.800. The average Bonchev–Trinajstić information content (AvgIpc) is 2.85. The molecule has 1 saturated carbocycles. The van der Waals surface area contributed by atoms with Crippen LogP contribution in [-0.4, -0.2) is 36.1 Å². The van der Waals surface area contributed by atoms with Crippen molar-refractivity contribution in [2.24, 2.45) is 0 Å². The van der Waals surface area contributed by atoms with E-state index in [-0.39, 0.29) is 0 Å². The molecular weight excluding hydrogens is 254 g/mol. The van der Waals surface area contributed by atoms with Gasteiger partial charge in [-0.15, -0.1) is 11.3 Å². The molecule has 3 nitrogen and oxygen atoms in total. The van der Waals surface area contributed by atoms with Crippen LogP contribution in [-0.2, 0) is 6.54 Å². The number of nitrogens with zero attached hydrogens (tertiary/aromatic N) is 2. The molecule has 1 heterocycles. The molecule has 0 atom stereocenters. The highest BCUT2D eigenvalue weighted by molar-refractivity contribution is 7.11. The highest BCUT2D eigenvalue weighted by Gasteiger charge is 2.16. The molecule has 0 unspecified atom stereocenters. The third-order valence-corrected chi connectivity index (χ3v) is 4.94. The van der Waals surface area contributed by atoms with Crippen LogP contribution in [0.3, 0.4) is 0 Å².